The molecule has 0 amide bonds. The van der Waals surface area contributed by atoms with Crippen LogP contribution < -0.4 is 4.90 Å². The number of hydrogen-bond donors (Lipinski definition) is 1. The third kappa shape index (κ3) is 2.48. The highest BCUT2D eigenvalue weighted by molar-refractivity contribution is 5.47. The first-order chi connectivity index (χ1) is 6.52. The molecule has 1 atom stereocenters. The molecule has 2 nitrogen and oxygen atoms in total. The van der Waals surface area contributed by atoms with E-state index in [1.54, 1.807) is 6.92 Å². The van der Waals surface area contributed by atoms with Crippen molar-refractivity contribution < 1.29 is 5.11 Å². The lowest BCUT2D eigenvalue weighted by Gasteiger charge is -2.24. The second-order valence-corrected chi connectivity index (χ2v) is 3.97. The first kappa shape index (κ1) is 11.1. The van der Waals surface area contributed by atoms with Crippen LogP contribution in [0.1, 0.15) is 32.4 Å². The zero-order chi connectivity index (χ0) is 10.7. The summed E-state index contributed by atoms with van der Waals surface area (Å²) >= 11 is 0. The van der Waals surface area contributed by atoms with Crippen molar-refractivity contribution in [1.29, 1.82) is 0 Å². The second-order valence-electron chi connectivity index (χ2n) is 3.97. The molecule has 1 rings (SSSR count). The van der Waals surface area contributed by atoms with Crippen LogP contribution in [0.4, 0.5) is 5.69 Å². The van der Waals surface area contributed by atoms with Crippen LogP contribution in [0.25, 0.3) is 0 Å². The van der Waals surface area contributed by atoms with Crippen LogP contribution >= 0.6 is 0 Å². The fourth-order valence-electron chi connectivity index (χ4n) is 1.29. The standard InChI is InChI=1S/C12H19NO/c1-9(2)13(4)12-7-5-11(6-8-12)10(3)14/h5-10,14H,1-4H3. The molecule has 14 heavy (non-hydrogen) atoms. The van der Waals surface area contributed by atoms with Gasteiger partial charge in [0.15, 0.2) is 0 Å². The average Bonchev–Trinajstić information content (AvgIpc) is 2.16. The molecule has 78 valence electrons. The Morgan fingerprint density at radius 1 is 1.07 bits per heavy atom. The summed E-state index contributed by atoms with van der Waals surface area (Å²) in [7, 11) is 2.07. The van der Waals surface area contributed by atoms with E-state index in [1.165, 1.54) is 5.69 Å². The molecule has 2 heteroatoms. The third-order valence-electron chi connectivity index (χ3n) is 2.56. The third-order valence-corrected chi connectivity index (χ3v) is 2.56. The zero-order valence-corrected chi connectivity index (χ0v) is 9.36. The smallest absolute Gasteiger partial charge is 0.0761 e. The molecule has 0 fully saturated rings. The maximum absolute atomic E-state index is 9.35. The lowest BCUT2D eigenvalue weighted by atomic mass is 10.1. The largest absolute Gasteiger partial charge is 0.389 e. The maximum atomic E-state index is 9.35. The second kappa shape index (κ2) is 4.47. The molecule has 1 N–H and O–H groups in total. The predicted octanol–water partition coefficient (Wildman–Crippen LogP) is 2.58. The van der Waals surface area contributed by atoms with Crippen LogP contribution in [-0.4, -0.2) is 18.2 Å². The highest BCUT2D eigenvalue weighted by Gasteiger charge is 2.05. The van der Waals surface area contributed by atoms with Gasteiger partial charge in [-0.1, -0.05) is 12.1 Å². The van der Waals surface area contributed by atoms with E-state index in [-0.39, 0.29) is 6.10 Å². The number of anilines is 1. The van der Waals surface area contributed by atoms with E-state index < -0.39 is 0 Å². The summed E-state index contributed by atoms with van der Waals surface area (Å²) in [5.74, 6) is 0. The molecule has 1 aromatic rings. The van der Waals surface area contributed by atoms with Gasteiger partial charge in [0.05, 0.1) is 6.10 Å². The van der Waals surface area contributed by atoms with Gasteiger partial charge in [-0.3, -0.25) is 0 Å². The molecule has 0 saturated heterocycles. The van der Waals surface area contributed by atoms with Crippen molar-refractivity contribution in [1.82, 2.24) is 0 Å². The average molecular weight is 193 g/mol. The van der Waals surface area contributed by atoms with Crippen LogP contribution in [0, 0.1) is 0 Å². The molecule has 1 unspecified atom stereocenters. The molecule has 0 aliphatic heterocycles. The van der Waals surface area contributed by atoms with Gasteiger partial charge in [-0.05, 0) is 38.5 Å². The highest BCUT2D eigenvalue weighted by Crippen LogP contribution is 2.19. The molecular weight excluding hydrogens is 174 g/mol. The van der Waals surface area contributed by atoms with Crippen LogP contribution in [-0.2, 0) is 0 Å². The Hall–Kier alpha value is -1.02. The van der Waals surface area contributed by atoms with Gasteiger partial charge in [0.25, 0.3) is 0 Å². The fraction of sp³-hybridized carbons (Fsp3) is 0.500. The van der Waals surface area contributed by atoms with Gasteiger partial charge in [0.1, 0.15) is 0 Å². The van der Waals surface area contributed by atoms with Crippen molar-refractivity contribution in [2.75, 3.05) is 11.9 Å². The fourth-order valence-corrected chi connectivity index (χ4v) is 1.29. The minimum atomic E-state index is -0.381. The zero-order valence-electron chi connectivity index (χ0n) is 9.36. The van der Waals surface area contributed by atoms with E-state index in [0.717, 1.165) is 5.56 Å². The topological polar surface area (TPSA) is 23.5 Å². The summed E-state index contributed by atoms with van der Waals surface area (Å²) in [4.78, 5) is 2.20. The summed E-state index contributed by atoms with van der Waals surface area (Å²) in [6.07, 6.45) is -0.381. The Kier molecular flexibility index (Phi) is 3.53. The van der Waals surface area contributed by atoms with Gasteiger partial charge in [-0.2, -0.15) is 0 Å². The number of aliphatic hydroxyl groups is 1. The monoisotopic (exact) mass is 193 g/mol. The SMILES string of the molecule is CC(O)c1ccc(N(C)C(C)C)cc1. The molecule has 1 aromatic carbocycles. The summed E-state index contributed by atoms with van der Waals surface area (Å²) < 4.78 is 0. The Bertz CT molecular complexity index is 277. The molecular formula is C12H19NO. The van der Waals surface area contributed by atoms with Gasteiger partial charge < -0.3 is 10.0 Å². The Morgan fingerprint density at radius 2 is 1.57 bits per heavy atom. The Balaban J connectivity index is 2.83. The number of nitrogens with zero attached hydrogens (tertiary/aromatic N) is 1. The van der Waals surface area contributed by atoms with Crippen LogP contribution in [0.3, 0.4) is 0 Å². The van der Waals surface area contributed by atoms with Crippen molar-refractivity contribution >= 4 is 5.69 Å². The van der Waals surface area contributed by atoms with E-state index in [9.17, 15) is 5.11 Å². The Morgan fingerprint density at radius 3 is 1.93 bits per heavy atom. The van der Waals surface area contributed by atoms with Crippen LogP contribution in [0.5, 0.6) is 0 Å². The lowest BCUT2D eigenvalue weighted by Crippen LogP contribution is -2.25. The molecule has 0 saturated carbocycles. The van der Waals surface area contributed by atoms with E-state index in [4.69, 9.17) is 0 Å². The van der Waals surface area contributed by atoms with E-state index in [1.807, 2.05) is 24.3 Å². The van der Waals surface area contributed by atoms with Crippen molar-refractivity contribution in [3.63, 3.8) is 0 Å². The van der Waals surface area contributed by atoms with Crippen LogP contribution in [0.15, 0.2) is 24.3 Å². The van der Waals surface area contributed by atoms with Gasteiger partial charge in [0, 0.05) is 18.8 Å². The van der Waals surface area contributed by atoms with Crippen molar-refractivity contribution in [3.05, 3.63) is 29.8 Å². The predicted molar refractivity (Wildman–Crippen MR) is 60.6 cm³/mol. The lowest BCUT2D eigenvalue weighted by molar-refractivity contribution is 0.199. The van der Waals surface area contributed by atoms with Crippen LogP contribution in [0.2, 0.25) is 0 Å². The number of rotatable bonds is 3. The maximum Gasteiger partial charge on any atom is 0.0761 e. The van der Waals surface area contributed by atoms with E-state index >= 15 is 0 Å². The van der Waals surface area contributed by atoms with Crippen molar-refractivity contribution in [2.24, 2.45) is 0 Å². The molecule has 0 heterocycles. The van der Waals surface area contributed by atoms with E-state index in [0.29, 0.717) is 6.04 Å². The number of aliphatic hydroxyl groups excluding tert-OH is 1. The van der Waals surface area contributed by atoms with E-state index in [2.05, 4.69) is 25.8 Å². The van der Waals surface area contributed by atoms with Gasteiger partial charge in [0.2, 0.25) is 0 Å². The first-order valence-corrected chi connectivity index (χ1v) is 5.03. The quantitative estimate of drug-likeness (QED) is 0.797. The Labute approximate surface area is 86.2 Å². The van der Waals surface area contributed by atoms with Gasteiger partial charge in [-0.15, -0.1) is 0 Å². The molecule has 0 aliphatic carbocycles. The van der Waals surface area contributed by atoms with Crippen molar-refractivity contribution in [3.8, 4) is 0 Å². The molecule has 0 aliphatic rings. The number of hydrogen-bond acceptors (Lipinski definition) is 2. The molecule has 0 bridgehead atoms. The van der Waals surface area contributed by atoms with Gasteiger partial charge in [-0.25, -0.2) is 0 Å². The normalized spacial score (nSPS) is 13.0. The minimum Gasteiger partial charge on any atom is -0.389 e. The molecule has 0 aromatic heterocycles. The highest BCUT2D eigenvalue weighted by atomic mass is 16.3. The summed E-state index contributed by atoms with van der Waals surface area (Å²) in [5.41, 5.74) is 2.15. The summed E-state index contributed by atoms with van der Waals surface area (Å²) in [6.45, 7) is 6.09. The number of benzene rings is 1. The molecule has 0 spiro atoms. The summed E-state index contributed by atoms with van der Waals surface area (Å²) in [6, 6.07) is 8.52. The first-order valence-electron chi connectivity index (χ1n) is 5.03. The summed E-state index contributed by atoms with van der Waals surface area (Å²) in [5, 5.41) is 9.35. The van der Waals surface area contributed by atoms with Gasteiger partial charge >= 0.3 is 0 Å². The molecule has 0 radical (unpaired) electrons. The van der Waals surface area contributed by atoms with Crippen molar-refractivity contribution in [2.45, 2.75) is 32.9 Å². The minimum absolute atomic E-state index is 0.381.